The van der Waals surface area contributed by atoms with E-state index in [0.717, 1.165) is 54.4 Å². The molecule has 0 radical (unpaired) electrons. The van der Waals surface area contributed by atoms with E-state index >= 15 is 0 Å². The number of benzene rings is 3. The summed E-state index contributed by atoms with van der Waals surface area (Å²) in [5.74, 6) is -0.779. The summed E-state index contributed by atoms with van der Waals surface area (Å²) < 4.78 is 0. The highest BCUT2D eigenvalue weighted by atomic mass is 16.2. The van der Waals surface area contributed by atoms with Gasteiger partial charge in [-0.15, -0.1) is 0 Å². The molecule has 0 saturated heterocycles. The molecule has 2 amide bonds. The standard InChI is InChI=1S/C33H40N6O2/c1-21-7-5-6-10-27(21)28(19-22-11-15-25(16-12-22)30(34)35)32(40)39-29(24-8-3-2-4-9-24)33(41)38-20-23-13-17-26(18-14-23)31(36)37/h5-7,10-18,24,28-29H,2-4,8-9,19-20H2,1H3,(H3,34,35)(H3,36,37)(H,38,41)(H,39,40)/t28?,29-/m0/s1. The normalized spacial score (nSPS) is 15.0. The van der Waals surface area contributed by atoms with Crippen molar-refractivity contribution in [2.75, 3.05) is 0 Å². The number of nitrogen functional groups attached to an aromatic ring is 2. The summed E-state index contributed by atoms with van der Waals surface area (Å²) in [6.45, 7) is 2.32. The van der Waals surface area contributed by atoms with Gasteiger partial charge in [-0.1, -0.05) is 92.1 Å². The maximum Gasteiger partial charge on any atom is 0.243 e. The molecule has 3 aromatic carbocycles. The molecule has 4 rings (SSSR count). The lowest BCUT2D eigenvalue weighted by Crippen LogP contribution is -2.52. The first kappa shape index (κ1) is 29.5. The van der Waals surface area contributed by atoms with Crippen molar-refractivity contribution in [3.05, 3.63) is 106 Å². The van der Waals surface area contributed by atoms with Crippen LogP contribution in [-0.4, -0.2) is 29.5 Å². The number of carbonyl (C=O) groups is 2. The Labute approximate surface area is 241 Å². The summed E-state index contributed by atoms with van der Waals surface area (Å²) in [7, 11) is 0. The Kier molecular flexibility index (Phi) is 9.90. The van der Waals surface area contributed by atoms with Crippen molar-refractivity contribution in [3.63, 3.8) is 0 Å². The van der Waals surface area contributed by atoms with Crippen LogP contribution in [0.2, 0.25) is 0 Å². The van der Waals surface area contributed by atoms with E-state index in [9.17, 15) is 9.59 Å². The third kappa shape index (κ3) is 7.81. The summed E-state index contributed by atoms with van der Waals surface area (Å²) in [6, 6.07) is 21.8. The van der Waals surface area contributed by atoms with Crippen LogP contribution in [0.1, 0.15) is 71.4 Å². The summed E-state index contributed by atoms with van der Waals surface area (Å²) >= 11 is 0. The topological polar surface area (TPSA) is 158 Å². The van der Waals surface area contributed by atoms with E-state index in [4.69, 9.17) is 22.3 Å². The SMILES string of the molecule is Cc1ccccc1C(Cc1ccc(C(=N)N)cc1)C(=O)N[C@H](C(=O)NCc1ccc(C(=N)N)cc1)C1CCCCC1. The van der Waals surface area contributed by atoms with Crippen molar-refractivity contribution in [1.29, 1.82) is 10.8 Å². The number of rotatable bonds is 11. The van der Waals surface area contributed by atoms with E-state index < -0.39 is 12.0 Å². The van der Waals surface area contributed by atoms with Crippen LogP contribution < -0.4 is 22.1 Å². The van der Waals surface area contributed by atoms with Crippen LogP contribution in [0.3, 0.4) is 0 Å². The predicted octanol–water partition coefficient (Wildman–Crippen LogP) is 4.27. The molecule has 1 aliphatic rings. The average molecular weight is 553 g/mol. The monoisotopic (exact) mass is 552 g/mol. The first-order valence-corrected chi connectivity index (χ1v) is 14.2. The molecule has 0 aromatic heterocycles. The van der Waals surface area contributed by atoms with Gasteiger partial charge in [0.25, 0.3) is 0 Å². The van der Waals surface area contributed by atoms with Gasteiger partial charge < -0.3 is 22.1 Å². The molecule has 0 spiro atoms. The molecule has 0 aliphatic heterocycles. The Morgan fingerprint density at radius 1 is 0.805 bits per heavy atom. The summed E-state index contributed by atoms with van der Waals surface area (Å²) in [6.07, 6.45) is 5.47. The molecule has 1 saturated carbocycles. The summed E-state index contributed by atoms with van der Waals surface area (Å²) in [5, 5.41) is 21.5. The van der Waals surface area contributed by atoms with Crippen molar-refractivity contribution in [2.45, 2.75) is 64.0 Å². The van der Waals surface area contributed by atoms with Gasteiger partial charge >= 0.3 is 0 Å². The van der Waals surface area contributed by atoms with E-state index in [-0.39, 0.29) is 29.4 Å². The fourth-order valence-corrected chi connectivity index (χ4v) is 5.60. The molecule has 41 heavy (non-hydrogen) atoms. The molecule has 3 aromatic rings. The molecule has 214 valence electrons. The minimum absolute atomic E-state index is 0.000813. The van der Waals surface area contributed by atoms with Crippen molar-refractivity contribution < 1.29 is 9.59 Å². The van der Waals surface area contributed by atoms with Gasteiger partial charge in [0.05, 0.1) is 5.92 Å². The molecule has 1 fully saturated rings. The second-order valence-electron chi connectivity index (χ2n) is 10.9. The summed E-state index contributed by atoms with van der Waals surface area (Å²) in [4.78, 5) is 27.6. The number of nitrogens with one attached hydrogen (secondary N) is 4. The highest BCUT2D eigenvalue weighted by Crippen LogP contribution is 2.29. The first-order valence-electron chi connectivity index (χ1n) is 14.2. The molecule has 1 aliphatic carbocycles. The van der Waals surface area contributed by atoms with Gasteiger partial charge in [-0.05, 0) is 54.4 Å². The largest absolute Gasteiger partial charge is 0.384 e. The zero-order valence-electron chi connectivity index (χ0n) is 23.6. The Balaban J connectivity index is 1.55. The van der Waals surface area contributed by atoms with Crippen LogP contribution in [0.15, 0.2) is 72.8 Å². The van der Waals surface area contributed by atoms with E-state index in [1.54, 1.807) is 24.3 Å². The average Bonchev–Trinajstić information content (AvgIpc) is 2.98. The Morgan fingerprint density at radius 2 is 1.37 bits per heavy atom. The predicted molar refractivity (Wildman–Crippen MR) is 163 cm³/mol. The molecule has 8 nitrogen and oxygen atoms in total. The van der Waals surface area contributed by atoms with E-state index in [2.05, 4.69) is 10.6 Å². The zero-order valence-corrected chi connectivity index (χ0v) is 23.6. The lowest BCUT2D eigenvalue weighted by atomic mass is 9.82. The molecule has 1 unspecified atom stereocenters. The lowest BCUT2D eigenvalue weighted by Gasteiger charge is -2.31. The molecule has 0 bridgehead atoms. The third-order valence-corrected chi connectivity index (χ3v) is 8.02. The van der Waals surface area contributed by atoms with Crippen LogP contribution in [0.4, 0.5) is 0 Å². The molecule has 2 atom stereocenters. The Hall–Kier alpha value is -4.46. The van der Waals surface area contributed by atoms with Crippen molar-refractivity contribution in [3.8, 4) is 0 Å². The lowest BCUT2D eigenvalue weighted by molar-refractivity contribution is -0.131. The number of amides is 2. The van der Waals surface area contributed by atoms with Gasteiger partial charge in [0.15, 0.2) is 0 Å². The highest BCUT2D eigenvalue weighted by molar-refractivity contribution is 5.95. The van der Waals surface area contributed by atoms with E-state index in [1.807, 2.05) is 55.5 Å². The first-order chi connectivity index (χ1) is 19.7. The second kappa shape index (κ2) is 13.7. The van der Waals surface area contributed by atoms with Crippen LogP contribution >= 0.6 is 0 Å². The van der Waals surface area contributed by atoms with Crippen molar-refractivity contribution in [2.24, 2.45) is 17.4 Å². The zero-order chi connectivity index (χ0) is 29.4. The smallest absolute Gasteiger partial charge is 0.243 e. The van der Waals surface area contributed by atoms with E-state index in [1.165, 1.54) is 0 Å². The maximum atomic E-state index is 14.0. The molecular weight excluding hydrogens is 512 g/mol. The minimum atomic E-state index is -0.633. The van der Waals surface area contributed by atoms with Crippen LogP contribution in [0, 0.1) is 23.7 Å². The van der Waals surface area contributed by atoms with Gasteiger partial charge in [-0.25, -0.2) is 0 Å². The molecule has 8 heteroatoms. The van der Waals surface area contributed by atoms with Crippen LogP contribution in [0.25, 0.3) is 0 Å². The maximum absolute atomic E-state index is 14.0. The third-order valence-electron chi connectivity index (χ3n) is 8.02. The fourth-order valence-electron chi connectivity index (χ4n) is 5.60. The molecule has 8 N–H and O–H groups in total. The van der Waals surface area contributed by atoms with Crippen LogP contribution in [0.5, 0.6) is 0 Å². The Morgan fingerprint density at radius 3 is 1.93 bits per heavy atom. The number of aryl methyl sites for hydroxylation is 1. The van der Waals surface area contributed by atoms with Crippen molar-refractivity contribution >= 4 is 23.5 Å². The summed E-state index contributed by atoms with van der Waals surface area (Å²) in [5.41, 5.74) is 16.2. The van der Waals surface area contributed by atoms with E-state index in [0.29, 0.717) is 24.1 Å². The van der Waals surface area contributed by atoms with Gasteiger partial charge in [-0.3, -0.25) is 20.4 Å². The number of hydrogen-bond donors (Lipinski definition) is 6. The number of hydrogen-bond acceptors (Lipinski definition) is 4. The quantitative estimate of drug-likeness (QED) is 0.155. The molecular formula is C33H40N6O2. The van der Waals surface area contributed by atoms with Crippen LogP contribution in [-0.2, 0) is 22.6 Å². The number of nitrogens with two attached hydrogens (primary N) is 2. The fraction of sp³-hybridized carbons (Fsp3) is 0.333. The highest BCUT2D eigenvalue weighted by Gasteiger charge is 2.33. The van der Waals surface area contributed by atoms with Gasteiger partial charge in [0, 0.05) is 17.7 Å². The second-order valence-corrected chi connectivity index (χ2v) is 10.9. The Bertz CT molecular complexity index is 1380. The van der Waals surface area contributed by atoms with Gasteiger partial charge in [-0.2, -0.15) is 0 Å². The molecule has 0 heterocycles. The van der Waals surface area contributed by atoms with Gasteiger partial charge in [0.2, 0.25) is 11.8 Å². The minimum Gasteiger partial charge on any atom is -0.384 e. The van der Waals surface area contributed by atoms with Crippen molar-refractivity contribution in [1.82, 2.24) is 10.6 Å². The number of amidine groups is 2. The van der Waals surface area contributed by atoms with Gasteiger partial charge in [0.1, 0.15) is 17.7 Å². The number of carbonyl (C=O) groups excluding carboxylic acids is 2.